The molecule has 2 fully saturated rings. The number of piperidine rings is 2. The van der Waals surface area contributed by atoms with Crippen LogP contribution in [0.25, 0.3) is 0 Å². The molecule has 2 heterocycles. The van der Waals surface area contributed by atoms with Gasteiger partial charge in [-0.3, -0.25) is 4.90 Å². The van der Waals surface area contributed by atoms with Gasteiger partial charge >= 0.3 is 0 Å². The zero-order valence-corrected chi connectivity index (χ0v) is 10.4. The van der Waals surface area contributed by atoms with E-state index in [9.17, 15) is 0 Å². The zero-order valence-electron chi connectivity index (χ0n) is 10.4. The van der Waals surface area contributed by atoms with Crippen LogP contribution in [-0.4, -0.2) is 24.0 Å². The predicted octanol–water partition coefficient (Wildman–Crippen LogP) is 3.20. The number of benzene rings is 1. The number of nitrogens with zero attached hydrogens (tertiary/aromatic N) is 1. The molecule has 1 unspecified atom stereocenters. The Morgan fingerprint density at radius 1 is 1.00 bits per heavy atom. The normalized spacial score (nSPS) is 36.1. The summed E-state index contributed by atoms with van der Waals surface area (Å²) in [5.74, 6) is 1.79. The van der Waals surface area contributed by atoms with Crippen LogP contribution in [0.4, 0.5) is 0 Å². The molecule has 90 valence electrons. The lowest BCUT2D eigenvalue weighted by molar-refractivity contribution is 0.0350. The molecule has 1 heteroatoms. The van der Waals surface area contributed by atoms with Crippen molar-refractivity contribution in [3.8, 4) is 0 Å². The summed E-state index contributed by atoms with van der Waals surface area (Å²) in [6.45, 7) is 2.72. The smallest absolute Gasteiger partial charge is 0.0195 e. The summed E-state index contributed by atoms with van der Waals surface area (Å²) >= 11 is 0. The fourth-order valence-corrected chi connectivity index (χ4v) is 4.63. The molecule has 17 heavy (non-hydrogen) atoms. The maximum atomic E-state index is 2.80. The Hall–Kier alpha value is -0.820. The number of hydrogen-bond donors (Lipinski definition) is 0. The Kier molecular flexibility index (Phi) is 2.29. The molecule has 0 aromatic heterocycles. The van der Waals surface area contributed by atoms with Gasteiger partial charge in [-0.2, -0.15) is 0 Å². The van der Waals surface area contributed by atoms with Crippen molar-refractivity contribution in [2.45, 2.75) is 44.1 Å². The first kappa shape index (κ1) is 10.1. The summed E-state index contributed by atoms with van der Waals surface area (Å²) in [4.78, 5) is 2.80. The van der Waals surface area contributed by atoms with E-state index in [2.05, 4.69) is 29.2 Å². The topological polar surface area (TPSA) is 3.24 Å². The van der Waals surface area contributed by atoms with Crippen LogP contribution < -0.4 is 0 Å². The average Bonchev–Trinajstić information content (AvgIpc) is 2.39. The minimum Gasteiger partial charge on any atom is -0.299 e. The lowest BCUT2D eigenvalue weighted by atomic mass is 9.66. The standard InChI is InChI=1S/C16H21N/c1-2-7-14-12(5-1)11-13-6-3-9-17-10-4-8-15(14)16(13)17/h1-2,5,7,13,15-16H,3-4,6,8-11H2/t13?,15-,16+/m0/s1. The summed E-state index contributed by atoms with van der Waals surface area (Å²) in [7, 11) is 0. The Morgan fingerprint density at radius 2 is 1.82 bits per heavy atom. The second kappa shape index (κ2) is 3.84. The molecule has 1 aliphatic carbocycles. The van der Waals surface area contributed by atoms with E-state index in [1.165, 1.54) is 45.2 Å². The monoisotopic (exact) mass is 227 g/mol. The van der Waals surface area contributed by atoms with Crippen LogP contribution in [0.3, 0.4) is 0 Å². The highest BCUT2D eigenvalue weighted by molar-refractivity contribution is 5.36. The molecular formula is C16H21N. The van der Waals surface area contributed by atoms with Crippen molar-refractivity contribution < 1.29 is 0 Å². The molecule has 2 aliphatic heterocycles. The van der Waals surface area contributed by atoms with Gasteiger partial charge in [-0.25, -0.2) is 0 Å². The van der Waals surface area contributed by atoms with E-state index < -0.39 is 0 Å². The van der Waals surface area contributed by atoms with Crippen molar-refractivity contribution in [2.24, 2.45) is 5.92 Å². The summed E-state index contributed by atoms with van der Waals surface area (Å²) in [5, 5.41) is 0. The third-order valence-electron chi connectivity index (χ3n) is 5.23. The van der Waals surface area contributed by atoms with E-state index in [-0.39, 0.29) is 0 Å². The molecule has 0 spiro atoms. The maximum absolute atomic E-state index is 2.80. The van der Waals surface area contributed by atoms with Gasteiger partial charge in [-0.1, -0.05) is 24.3 Å². The highest BCUT2D eigenvalue weighted by atomic mass is 15.2. The largest absolute Gasteiger partial charge is 0.299 e. The summed E-state index contributed by atoms with van der Waals surface area (Å²) in [6.07, 6.45) is 7.06. The SMILES string of the molecule is c1ccc2c(c1)CC1CCCN3CCC[C@@H]2[C@@H]13. The Labute approximate surface area is 104 Å². The molecule has 3 atom stereocenters. The Bertz CT molecular complexity index is 423. The summed E-state index contributed by atoms with van der Waals surface area (Å²) in [5.41, 5.74) is 3.34. The summed E-state index contributed by atoms with van der Waals surface area (Å²) in [6, 6.07) is 10.1. The Balaban J connectivity index is 1.79. The first-order valence-corrected chi connectivity index (χ1v) is 7.25. The molecule has 2 saturated heterocycles. The van der Waals surface area contributed by atoms with Crippen LogP contribution in [0, 0.1) is 5.92 Å². The molecule has 0 radical (unpaired) electrons. The second-order valence-corrected chi connectivity index (χ2v) is 6.08. The van der Waals surface area contributed by atoms with E-state index in [1.807, 2.05) is 0 Å². The van der Waals surface area contributed by atoms with Gasteiger partial charge in [-0.15, -0.1) is 0 Å². The number of hydrogen-bond acceptors (Lipinski definition) is 1. The third-order valence-corrected chi connectivity index (χ3v) is 5.23. The molecule has 1 nitrogen and oxygen atoms in total. The van der Waals surface area contributed by atoms with E-state index >= 15 is 0 Å². The zero-order chi connectivity index (χ0) is 11.2. The van der Waals surface area contributed by atoms with Crippen molar-refractivity contribution >= 4 is 0 Å². The second-order valence-electron chi connectivity index (χ2n) is 6.08. The molecule has 1 aromatic carbocycles. The molecule has 1 aromatic rings. The minimum absolute atomic E-state index is 0.846. The third kappa shape index (κ3) is 1.48. The van der Waals surface area contributed by atoms with E-state index in [4.69, 9.17) is 0 Å². The first-order valence-electron chi connectivity index (χ1n) is 7.25. The molecule has 0 saturated carbocycles. The van der Waals surface area contributed by atoms with Gasteiger partial charge in [0.1, 0.15) is 0 Å². The van der Waals surface area contributed by atoms with Crippen LogP contribution in [-0.2, 0) is 6.42 Å². The molecule has 0 amide bonds. The fourth-order valence-electron chi connectivity index (χ4n) is 4.63. The van der Waals surface area contributed by atoms with Crippen LogP contribution >= 0.6 is 0 Å². The van der Waals surface area contributed by atoms with Crippen molar-refractivity contribution in [3.05, 3.63) is 35.4 Å². The van der Waals surface area contributed by atoms with E-state index in [0.717, 1.165) is 17.9 Å². The van der Waals surface area contributed by atoms with Crippen molar-refractivity contribution in [1.82, 2.24) is 4.90 Å². The maximum Gasteiger partial charge on any atom is 0.0195 e. The van der Waals surface area contributed by atoms with E-state index in [1.54, 1.807) is 11.1 Å². The van der Waals surface area contributed by atoms with Crippen molar-refractivity contribution in [1.29, 1.82) is 0 Å². The highest BCUT2D eigenvalue weighted by Crippen LogP contribution is 2.46. The lowest BCUT2D eigenvalue weighted by Crippen LogP contribution is -2.54. The van der Waals surface area contributed by atoms with Gasteiger partial charge in [0.05, 0.1) is 0 Å². The van der Waals surface area contributed by atoms with Gasteiger partial charge in [0, 0.05) is 12.0 Å². The van der Waals surface area contributed by atoms with Gasteiger partial charge in [-0.05, 0) is 62.2 Å². The molecule has 0 bridgehead atoms. The van der Waals surface area contributed by atoms with Gasteiger partial charge in [0.15, 0.2) is 0 Å². The van der Waals surface area contributed by atoms with Crippen LogP contribution in [0.5, 0.6) is 0 Å². The Morgan fingerprint density at radius 3 is 2.76 bits per heavy atom. The van der Waals surface area contributed by atoms with Crippen molar-refractivity contribution in [3.63, 3.8) is 0 Å². The quantitative estimate of drug-likeness (QED) is 0.658. The highest BCUT2D eigenvalue weighted by Gasteiger charge is 2.43. The minimum atomic E-state index is 0.846. The van der Waals surface area contributed by atoms with Crippen molar-refractivity contribution in [2.75, 3.05) is 13.1 Å². The van der Waals surface area contributed by atoms with Crippen LogP contribution in [0.15, 0.2) is 24.3 Å². The van der Waals surface area contributed by atoms with Gasteiger partial charge < -0.3 is 0 Å². The molecule has 4 rings (SSSR count). The molecule has 0 N–H and O–H groups in total. The lowest BCUT2D eigenvalue weighted by Gasteiger charge is -2.52. The number of rotatable bonds is 0. The van der Waals surface area contributed by atoms with Crippen LogP contribution in [0.1, 0.15) is 42.7 Å². The van der Waals surface area contributed by atoms with E-state index in [0.29, 0.717) is 0 Å². The molecular weight excluding hydrogens is 206 g/mol. The number of fused-ring (bicyclic) bond motifs is 2. The van der Waals surface area contributed by atoms with Gasteiger partial charge in [0.25, 0.3) is 0 Å². The summed E-state index contributed by atoms with van der Waals surface area (Å²) < 4.78 is 0. The molecule has 3 aliphatic rings. The van der Waals surface area contributed by atoms with Crippen LogP contribution in [0.2, 0.25) is 0 Å². The first-order chi connectivity index (χ1) is 8.43. The fraction of sp³-hybridized carbons (Fsp3) is 0.625. The average molecular weight is 227 g/mol. The predicted molar refractivity (Wildman–Crippen MR) is 70.2 cm³/mol. The van der Waals surface area contributed by atoms with Gasteiger partial charge in [0.2, 0.25) is 0 Å².